The van der Waals surface area contributed by atoms with Crippen molar-refractivity contribution in [3.63, 3.8) is 0 Å². The van der Waals surface area contributed by atoms with Gasteiger partial charge in [-0.1, -0.05) is 106 Å². The molecule has 0 heterocycles. The molecule has 0 saturated carbocycles. The SMILES string of the molecule is C=C(/C=C(\CC)c1ccc(F)cc1)CC([B]C)(CCC)CC(C)C(=O)c1ccccc1. The molecule has 0 aliphatic rings. The highest BCUT2D eigenvalue weighted by Gasteiger charge is 2.32. The van der Waals surface area contributed by atoms with Crippen LogP contribution >= 0.6 is 0 Å². The highest BCUT2D eigenvalue weighted by molar-refractivity contribution is 6.38. The van der Waals surface area contributed by atoms with E-state index in [1.807, 2.05) is 49.4 Å². The minimum atomic E-state index is -0.224. The molecule has 31 heavy (non-hydrogen) atoms. The van der Waals surface area contributed by atoms with Gasteiger partial charge in [-0.3, -0.25) is 4.79 Å². The van der Waals surface area contributed by atoms with Gasteiger partial charge in [-0.2, -0.15) is 0 Å². The molecule has 3 heteroatoms. The predicted octanol–water partition coefficient (Wildman–Crippen LogP) is 8.19. The topological polar surface area (TPSA) is 17.1 Å². The van der Waals surface area contributed by atoms with Gasteiger partial charge in [0, 0.05) is 11.5 Å². The largest absolute Gasteiger partial charge is 0.294 e. The average Bonchev–Trinajstić information content (AvgIpc) is 2.78. The highest BCUT2D eigenvalue weighted by atomic mass is 19.1. The Morgan fingerprint density at radius 2 is 1.74 bits per heavy atom. The molecule has 163 valence electrons. The van der Waals surface area contributed by atoms with Crippen molar-refractivity contribution in [2.45, 2.75) is 65.0 Å². The lowest BCUT2D eigenvalue weighted by Crippen LogP contribution is -2.25. The van der Waals surface area contributed by atoms with Crippen LogP contribution < -0.4 is 0 Å². The van der Waals surface area contributed by atoms with Crippen molar-refractivity contribution in [2.75, 3.05) is 0 Å². The third-order valence-electron chi connectivity index (χ3n) is 6.13. The predicted molar refractivity (Wildman–Crippen MR) is 132 cm³/mol. The van der Waals surface area contributed by atoms with Gasteiger partial charge >= 0.3 is 0 Å². The quantitative estimate of drug-likeness (QED) is 0.193. The zero-order valence-corrected chi connectivity index (χ0v) is 19.5. The number of halogens is 1. The van der Waals surface area contributed by atoms with E-state index in [1.165, 1.54) is 12.1 Å². The highest BCUT2D eigenvalue weighted by Crippen LogP contribution is 2.45. The number of allylic oxidation sites excluding steroid dienone is 3. The van der Waals surface area contributed by atoms with Gasteiger partial charge in [0.25, 0.3) is 0 Å². The molecule has 2 rings (SSSR count). The molecule has 0 aliphatic heterocycles. The van der Waals surface area contributed by atoms with Crippen LogP contribution in [0.5, 0.6) is 0 Å². The van der Waals surface area contributed by atoms with Crippen LogP contribution in [0.2, 0.25) is 12.1 Å². The Labute approximate surface area is 188 Å². The first-order valence-electron chi connectivity index (χ1n) is 11.4. The third kappa shape index (κ3) is 7.06. The molecule has 0 spiro atoms. The van der Waals surface area contributed by atoms with Crippen molar-refractivity contribution >= 4 is 18.6 Å². The van der Waals surface area contributed by atoms with E-state index in [0.717, 1.165) is 54.4 Å². The summed E-state index contributed by atoms with van der Waals surface area (Å²) >= 11 is 0. The zero-order chi connectivity index (χ0) is 22.9. The molecule has 0 N–H and O–H groups in total. The molecular formula is C28H35BFO. The summed E-state index contributed by atoms with van der Waals surface area (Å²) in [6.45, 7) is 12.8. The molecule has 1 nitrogen and oxygen atoms in total. The smallest absolute Gasteiger partial charge is 0.165 e. The normalized spacial score (nSPS) is 14.5. The summed E-state index contributed by atoms with van der Waals surface area (Å²) in [6, 6.07) is 16.2. The lowest BCUT2D eigenvalue weighted by atomic mass is 9.47. The number of hydrogen-bond acceptors (Lipinski definition) is 1. The summed E-state index contributed by atoms with van der Waals surface area (Å²) in [5, 5.41) is -0.0756. The van der Waals surface area contributed by atoms with Gasteiger partial charge in [0.15, 0.2) is 5.78 Å². The summed E-state index contributed by atoms with van der Waals surface area (Å²) in [6.07, 6.45) is 6.67. The van der Waals surface area contributed by atoms with E-state index >= 15 is 0 Å². The molecule has 2 atom stereocenters. The fourth-order valence-electron chi connectivity index (χ4n) is 4.52. The minimum Gasteiger partial charge on any atom is -0.294 e. The Kier molecular flexibility index (Phi) is 9.49. The minimum absolute atomic E-state index is 0.0651. The maximum absolute atomic E-state index is 13.3. The second-order valence-electron chi connectivity index (χ2n) is 8.60. The van der Waals surface area contributed by atoms with Crippen LogP contribution in [0.4, 0.5) is 4.39 Å². The van der Waals surface area contributed by atoms with Crippen LogP contribution in [0.1, 0.15) is 68.8 Å². The second kappa shape index (κ2) is 11.8. The summed E-state index contributed by atoms with van der Waals surface area (Å²) in [5.74, 6) is -0.0908. The van der Waals surface area contributed by atoms with E-state index in [2.05, 4.69) is 40.6 Å². The molecule has 0 bridgehead atoms. The van der Waals surface area contributed by atoms with Gasteiger partial charge in [-0.15, -0.1) is 0 Å². The number of carbonyl (C=O) groups is 1. The van der Waals surface area contributed by atoms with Crippen LogP contribution in [0, 0.1) is 11.7 Å². The first-order valence-corrected chi connectivity index (χ1v) is 11.4. The fraction of sp³-hybridized carbons (Fsp3) is 0.393. The van der Waals surface area contributed by atoms with Gasteiger partial charge in [0.1, 0.15) is 13.1 Å². The maximum atomic E-state index is 13.3. The monoisotopic (exact) mass is 417 g/mol. The molecule has 2 unspecified atom stereocenters. The van der Waals surface area contributed by atoms with Gasteiger partial charge in [-0.05, 0) is 42.5 Å². The molecule has 0 saturated heterocycles. The molecule has 2 aromatic carbocycles. The van der Waals surface area contributed by atoms with Crippen LogP contribution in [-0.2, 0) is 0 Å². The van der Waals surface area contributed by atoms with Gasteiger partial charge in [-0.25, -0.2) is 4.39 Å². The number of benzene rings is 2. The lowest BCUT2D eigenvalue weighted by Gasteiger charge is -2.35. The van der Waals surface area contributed by atoms with Crippen molar-refractivity contribution < 1.29 is 9.18 Å². The lowest BCUT2D eigenvalue weighted by molar-refractivity contribution is 0.0912. The second-order valence-corrected chi connectivity index (χ2v) is 8.60. The average molecular weight is 417 g/mol. The van der Waals surface area contributed by atoms with Crippen LogP contribution in [0.15, 0.2) is 72.8 Å². The van der Waals surface area contributed by atoms with E-state index in [1.54, 1.807) is 0 Å². The molecule has 0 amide bonds. The number of Topliss-reactive ketones (excluding diaryl/α,β-unsaturated/α-hetero) is 1. The molecule has 0 fully saturated rings. The summed E-state index contributed by atoms with van der Waals surface area (Å²) in [7, 11) is 2.27. The molecule has 2 aromatic rings. The number of hydrogen-bond donors (Lipinski definition) is 0. The Hall–Kier alpha value is -2.42. The van der Waals surface area contributed by atoms with E-state index in [0.29, 0.717) is 0 Å². The number of rotatable bonds is 12. The molecule has 0 aliphatic carbocycles. The molecule has 1 radical (unpaired) electrons. The van der Waals surface area contributed by atoms with Gasteiger partial charge in [0.05, 0.1) is 0 Å². The van der Waals surface area contributed by atoms with Crippen LogP contribution in [0.25, 0.3) is 5.57 Å². The molecule has 0 aromatic heterocycles. The zero-order valence-electron chi connectivity index (χ0n) is 19.5. The Morgan fingerprint density at radius 1 is 1.10 bits per heavy atom. The Morgan fingerprint density at radius 3 is 2.29 bits per heavy atom. The van der Waals surface area contributed by atoms with Crippen LogP contribution in [0.3, 0.4) is 0 Å². The van der Waals surface area contributed by atoms with E-state index < -0.39 is 0 Å². The Balaban J connectivity index is 2.21. The summed E-state index contributed by atoms with van der Waals surface area (Å²) < 4.78 is 13.3. The van der Waals surface area contributed by atoms with E-state index in [4.69, 9.17) is 0 Å². The maximum Gasteiger partial charge on any atom is 0.165 e. The van der Waals surface area contributed by atoms with E-state index in [-0.39, 0.29) is 22.8 Å². The first kappa shape index (κ1) is 24.9. The van der Waals surface area contributed by atoms with Gasteiger partial charge < -0.3 is 0 Å². The van der Waals surface area contributed by atoms with Crippen molar-refractivity contribution in [1.29, 1.82) is 0 Å². The van der Waals surface area contributed by atoms with Crippen molar-refractivity contribution in [3.05, 3.63) is 89.8 Å². The Bertz CT molecular complexity index is 885. The van der Waals surface area contributed by atoms with Crippen molar-refractivity contribution in [3.8, 4) is 0 Å². The van der Waals surface area contributed by atoms with E-state index in [9.17, 15) is 9.18 Å². The number of ketones is 1. The fourth-order valence-corrected chi connectivity index (χ4v) is 4.52. The molecular weight excluding hydrogens is 382 g/mol. The van der Waals surface area contributed by atoms with Crippen molar-refractivity contribution in [1.82, 2.24) is 0 Å². The van der Waals surface area contributed by atoms with Gasteiger partial charge in [0.2, 0.25) is 0 Å². The summed E-state index contributed by atoms with van der Waals surface area (Å²) in [5.41, 5.74) is 4.01. The van der Waals surface area contributed by atoms with Crippen LogP contribution in [-0.4, -0.2) is 13.1 Å². The third-order valence-corrected chi connectivity index (χ3v) is 6.13. The number of carbonyl (C=O) groups excluding carboxylic acids is 1. The van der Waals surface area contributed by atoms with Crippen molar-refractivity contribution in [2.24, 2.45) is 5.92 Å². The standard InChI is InChI=1S/C28H35BFO/c1-6-17-28(29-5,20-22(4)27(31)25-11-9-8-10-12-25)19-21(3)18-23(7-2)24-13-15-26(30)16-14-24/h8-16,18,22H,3,6-7,17,19-20H2,1-2,4-5H3/b23-18+. The first-order chi connectivity index (χ1) is 14.8. The summed E-state index contributed by atoms with van der Waals surface area (Å²) in [4.78, 5) is 13.0.